The van der Waals surface area contributed by atoms with Gasteiger partial charge in [0.25, 0.3) is 0 Å². The van der Waals surface area contributed by atoms with E-state index < -0.39 is 25.4 Å². The van der Waals surface area contributed by atoms with Crippen LogP contribution >= 0.6 is 55.1 Å². The van der Waals surface area contributed by atoms with E-state index in [1.165, 1.54) is 24.3 Å². The minimum absolute atomic E-state index is 0.0347. The van der Waals surface area contributed by atoms with Crippen molar-refractivity contribution in [1.29, 1.82) is 0 Å². The second kappa shape index (κ2) is 13.9. The number of fused-ring (bicyclic) bond motifs is 6. The van der Waals surface area contributed by atoms with Gasteiger partial charge in [0.15, 0.2) is 11.3 Å². The van der Waals surface area contributed by atoms with Gasteiger partial charge >= 0.3 is 13.2 Å². The molecule has 0 radical (unpaired) electrons. The molecule has 8 rings (SSSR count). The monoisotopic (exact) mass is 858 g/mol. The SMILES string of the molecule is O[C@@H]1C[C@H](c2cc(Cl)ccc2OC(F)F)c2c1nc1cnc(Br)cn21.O[C@H]1C[C@@H](c2cc(Cl)ccc2OC(F)F)c2c1nc1cnc(Br)cn21. The fourth-order valence-electron chi connectivity index (χ4n) is 6.55. The maximum atomic E-state index is 12.8. The lowest BCUT2D eigenvalue weighted by Crippen LogP contribution is -2.08. The van der Waals surface area contributed by atoms with E-state index in [1.807, 2.05) is 0 Å². The highest BCUT2D eigenvalue weighted by molar-refractivity contribution is 9.10. The lowest BCUT2D eigenvalue weighted by Gasteiger charge is -2.17. The van der Waals surface area contributed by atoms with Crippen molar-refractivity contribution < 1.29 is 37.2 Å². The molecule has 6 aromatic rings. The van der Waals surface area contributed by atoms with Crippen LogP contribution in [0.25, 0.3) is 11.3 Å². The van der Waals surface area contributed by atoms with Crippen LogP contribution in [0.15, 0.2) is 70.4 Å². The number of imidazole rings is 2. The number of aliphatic hydroxyl groups excluding tert-OH is 2. The third kappa shape index (κ3) is 6.64. The molecule has 2 aliphatic carbocycles. The molecule has 260 valence electrons. The smallest absolute Gasteiger partial charge is 0.387 e. The highest BCUT2D eigenvalue weighted by Crippen LogP contribution is 2.49. The molecule has 0 fully saturated rings. The molecule has 0 bridgehead atoms. The van der Waals surface area contributed by atoms with Crippen LogP contribution in [0.4, 0.5) is 17.6 Å². The topological polar surface area (TPSA) is 119 Å². The van der Waals surface area contributed by atoms with E-state index in [2.05, 4.69) is 61.3 Å². The molecular weight excluding hydrogens is 839 g/mol. The second-order valence-corrected chi connectivity index (χ2v) is 13.9. The quantitative estimate of drug-likeness (QED) is 0.160. The molecule has 18 heteroatoms. The first-order chi connectivity index (χ1) is 23.9. The summed E-state index contributed by atoms with van der Waals surface area (Å²) < 4.78 is 65.2. The van der Waals surface area contributed by atoms with Crippen LogP contribution in [0, 0.1) is 0 Å². The van der Waals surface area contributed by atoms with E-state index in [1.54, 1.807) is 45.7 Å². The maximum Gasteiger partial charge on any atom is 0.387 e. The minimum atomic E-state index is -2.95. The van der Waals surface area contributed by atoms with Crippen LogP contribution in [0.1, 0.15) is 70.8 Å². The maximum absolute atomic E-state index is 12.8. The van der Waals surface area contributed by atoms with E-state index in [-0.39, 0.29) is 23.3 Å². The van der Waals surface area contributed by atoms with Gasteiger partial charge in [0.1, 0.15) is 20.7 Å². The van der Waals surface area contributed by atoms with Crippen molar-refractivity contribution in [3.8, 4) is 11.5 Å². The normalized spacial score (nSPS) is 19.6. The molecular formula is C32H22Br2Cl2F4N6O4. The first-order valence-electron chi connectivity index (χ1n) is 14.8. The fourth-order valence-corrected chi connectivity index (χ4v) is 7.52. The summed E-state index contributed by atoms with van der Waals surface area (Å²) in [5, 5.41) is 21.6. The summed E-state index contributed by atoms with van der Waals surface area (Å²) in [6, 6.07) is 8.97. The van der Waals surface area contributed by atoms with E-state index in [0.29, 0.717) is 77.3 Å². The molecule has 0 aliphatic heterocycles. The van der Waals surface area contributed by atoms with E-state index >= 15 is 0 Å². The van der Waals surface area contributed by atoms with Gasteiger partial charge in [-0.1, -0.05) is 23.2 Å². The van der Waals surface area contributed by atoms with E-state index in [9.17, 15) is 27.8 Å². The number of aliphatic hydroxyl groups is 2. The Morgan fingerprint density at radius 2 is 1.10 bits per heavy atom. The number of alkyl halides is 4. The third-order valence-corrected chi connectivity index (χ3v) is 9.71. The van der Waals surface area contributed by atoms with Crippen LogP contribution < -0.4 is 9.47 Å². The summed E-state index contributed by atoms with van der Waals surface area (Å²) in [4.78, 5) is 17.1. The Kier molecular flexibility index (Phi) is 9.69. The summed E-state index contributed by atoms with van der Waals surface area (Å²) in [7, 11) is 0. The highest BCUT2D eigenvalue weighted by Gasteiger charge is 2.39. The number of halogens is 8. The van der Waals surface area contributed by atoms with Crippen LogP contribution in [0.3, 0.4) is 0 Å². The number of hydrogen-bond donors (Lipinski definition) is 2. The molecule has 2 N–H and O–H groups in total. The van der Waals surface area contributed by atoms with Crippen molar-refractivity contribution in [3.63, 3.8) is 0 Å². The van der Waals surface area contributed by atoms with Crippen LogP contribution in [0.5, 0.6) is 11.5 Å². The Morgan fingerprint density at radius 1 is 0.700 bits per heavy atom. The molecule has 2 aromatic carbocycles. The number of benzene rings is 2. The summed E-state index contributed by atoms with van der Waals surface area (Å²) in [5.41, 5.74) is 4.55. The number of aromatic nitrogens is 6. The van der Waals surface area contributed by atoms with Crippen molar-refractivity contribution in [2.24, 2.45) is 0 Å². The summed E-state index contributed by atoms with van der Waals surface area (Å²) in [5.74, 6) is -0.705. The molecule has 0 saturated heterocycles. The zero-order valence-corrected chi connectivity index (χ0v) is 29.8. The standard InChI is InChI=1S/2C16H11BrClF2N3O2/c2*17-12-6-23-13(5-21-12)22-14-10(24)4-9(15(14)23)8-3-7(18)1-2-11(8)25-16(19)20/h2*1-3,5-6,9-10,16,24H,4H2/t2*9-,10-/m10/s1. The zero-order valence-electron chi connectivity index (χ0n) is 25.1. The van der Waals surface area contributed by atoms with Gasteiger partial charge in [0.05, 0.1) is 47.4 Å². The summed E-state index contributed by atoms with van der Waals surface area (Å²) in [6.45, 7) is -5.91. The van der Waals surface area contributed by atoms with Crippen LogP contribution in [0.2, 0.25) is 10.0 Å². The first kappa shape index (κ1) is 34.9. The molecule has 0 unspecified atom stereocenters. The highest BCUT2D eigenvalue weighted by atomic mass is 79.9. The van der Waals surface area contributed by atoms with Gasteiger partial charge in [0.2, 0.25) is 0 Å². The Morgan fingerprint density at radius 3 is 1.48 bits per heavy atom. The molecule has 2 aliphatic rings. The average Bonchev–Trinajstić information content (AvgIpc) is 3.79. The van der Waals surface area contributed by atoms with E-state index in [4.69, 9.17) is 23.2 Å². The molecule has 0 saturated carbocycles. The lowest BCUT2D eigenvalue weighted by atomic mass is 9.95. The molecule has 50 heavy (non-hydrogen) atoms. The molecule has 10 nitrogen and oxygen atoms in total. The van der Waals surface area contributed by atoms with Gasteiger partial charge < -0.3 is 19.7 Å². The minimum Gasteiger partial charge on any atom is -0.435 e. The van der Waals surface area contributed by atoms with Gasteiger partial charge in [-0.2, -0.15) is 17.6 Å². The number of ether oxygens (including phenoxy) is 2. The lowest BCUT2D eigenvalue weighted by molar-refractivity contribution is -0.0512. The predicted octanol–water partition coefficient (Wildman–Crippen LogP) is 8.63. The van der Waals surface area contributed by atoms with Gasteiger partial charge in [-0.3, -0.25) is 8.80 Å². The van der Waals surface area contributed by atoms with Crippen molar-refractivity contribution in [3.05, 3.63) is 114 Å². The second-order valence-electron chi connectivity index (χ2n) is 11.4. The number of nitrogens with zero attached hydrogens (tertiary/aromatic N) is 6. The van der Waals surface area contributed by atoms with Crippen molar-refractivity contribution in [2.45, 2.75) is 50.1 Å². The van der Waals surface area contributed by atoms with Crippen molar-refractivity contribution in [1.82, 2.24) is 28.7 Å². The molecule has 4 heterocycles. The molecule has 0 amide bonds. The largest absolute Gasteiger partial charge is 0.435 e. The Hall–Kier alpha value is -3.54. The zero-order chi connectivity index (χ0) is 35.4. The Balaban J connectivity index is 0.000000157. The predicted molar refractivity (Wildman–Crippen MR) is 180 cm³/mol. The van der Waals surface area contributed by atoms with Gasteiger partial charge in [0, 0.05) is 45.4 Å². The summed E-state index contributed by atoms with van der Waals surface area (Å²) >= 11 is 18.8. The number of hydrogen-bond acceptors (Lipinski definition) is 8. The van der Waals surface area contributed by atoms with Crippen molar-refractivity contribution in [2.75, 3.05) is 0 Å². The van der Waals surface area contributed by atoms with Crippen LogP contribution in [-0.2, 0) is 0 Å². The fraction of sp³-hybridized carbons (Fsp3) is 0.250. The van der Waals surface area contributed by atoms with Gasteiger partial charge in [-0.05, 0) is 81.1 Å². The number of rotatable bonds is 6. The van der Waals surface area contributed by atoms with Gasteiger partial charge in [-0.25, -0.2) is 19.9 Å². The average molecular weight is 861 g/mol. The van der Waals surface area contributed by atoms with Crippen LogP contribution in [-0.4, -0.2) is 52.2 Å². The third-order valence-electron chi connectivity index (χ3n) is 8.42. The van der Waals surface area contributed by atoms with Crippen molar-refractivity contribution >= 4 is 66.4 Å². The first-order valence-corrected chi connectivity index (χ1v) is 17.1. The molecule has 4 atom stereocenters. The van der Waals surface area contributed by atoms with E-state index in [0.717, 1.165) is 0 Å². The Labute approximate surface area is 306 Å². The van der Waals surface area contributed by atoms with Gasteiger partial charge in [-0.15, -0.1) is 0 Å². The summed E-state index contributed by atoms with van der Waals surface area (Å²) in [6.07, 6.45) is 5.59. The Bertz CT molecular complexity index is 2090. The molecule has 0 spiro atoms. The molecule has 4 aromatic heterocycles.